The third-order valence-electron chi connectivity index (χ3n) is 5.83. The Hall–Kier alpha value is -1.80. The van der Waals surface area contributed by atoms with Gasteiger partial charge in [-0.3, -0.25) is 0 Å². The average molecular weight is 421 g/mol. The Labute approximate surface area is 179 Å². The van der Waals surface area contributed by atoms with Gasteiger partial charge in [-0.2, -0.15) is 0 Å². The number of piperidine rings is 1. The summed E-state index contributed by atoms with van der Waals surface area (Å²) in [4.78, 5) is 13.6. The maximum Gasteiger partial charge on any atom is 0.494 e. The Bertz CT molecular complexity index is 746. The van der Waals surface area contributed by atoms with Crippen LogP contribution in [0.25, 0.3) is 0 Å². The molecule has 2 aliphatic heterocycles. The van der Waals surface area contributed by atoms with Gasteiger partial charge in [0.15, 0.2) is 6.17 Å². The fourth-order valence-corrected chi connectivity index (χ4v) is 3.37. The highest BCUT2D eigenvalue weighted by Crippen LogP contribution is 2.36. The normalized spacial score (nSPS) is 25.9. The third-order valence-corrected chi connectivity index (χ3v) is 5.83. The van der Waals surface area contributed by atoms with Crippen LogP contribution in [0.3, 0.4) is 0 Å². The summed E-state index contributed by atoms with van der Waals surface area (Å²) in [7, 11) is -0.449. The minimum absolute atomic E-state index is 0.0361. The number of benzene rings is 1. The number of alkyl halides is 1. The number of rotatable bonds is 3. The molecule has 0 radical (unpaired) electrons. The van der Waals surface area contributed by atoms with Crippen LogP contribution in [0.5, 0.6) is 5.75 Å². The average Bonchev–Trinajstić information content (AvgIpc) is 2.83. The predicted octanol–water partition coefficient (Wildman–Crippen LogP) is 3.71. The second-order valence-corrected chi connectivity index (χ2v) is 10.0. The van der Waals surface area contributed by atoms with E-state index < -0.39 is 42.3 Å². The number of amides is 1. The topological polar surface area (TPSA) is 57.2 Å². The lowest BCUT2D eigenvalue weighted by Crippen LogP contribution is -2.50. The third kappa shape index (κ3) is 5.09. The molecule has 0 unspecified atom stereocenters. The quantitative estimate of drug-likeness (QED) is 0.697. The van der Waals surface area contributed by atoms with Gasteiger partial charge in [0.1, 0.15) is 17.5 Å². The minimum atomic E-state index is -1.28. The molecule has 0 bridgehead atoms. The number of ether oxygens (including phenoxy) is 2. The summed E-state index contributed by atoms with van der Waals surface area (Å²) in [5.41, 5.74) is -0.528. The summed E-state index contributed by atoms with van der Waals surface area (Å²) in [6.07, 6.45) is -1.98. The van der Waals surface area contributed by atoms with Crippen molar-refractivity contribution in [1.82, 2.24) is 4.90 Å². The molecule has 2 aliphatic rings. The highest BCUT2D eigenvalue weighted by Gasteiger charge is 2.51. The molecule has 1 aromatic carbocycles. The Morgan fingerprint density at radius 3 is 2.20 bits per heavy atom. The minimum Gasteiger partial charge on any atom is -0.487 e. The van der Waals surface area contributed by atoms with Crippen molar-refractivity contribution in [2.45, 2.75) is 84.0 Å². The molecule has 6 nitrogen and oxygen atoms in total. The largest absolute Gasteiger partial charge is 0.494 e. The molecule has 0 aromatic heterocycles. The lowest BCUT2D eigenvalue weighted by Gasteiger charge is -2.35. The van der Waals surface area contributed by atoms with Crippen LogP contribution in [0.4, 0.5) is 9.18 Å². The number of carbonyl (C=O) groups is 1. The van der Waals surface area contributed by atoms with E-state index >= 15 is 0 Å². The van der Waals surface area contributed by atoms with Crippen LogP contribution >= 0.6 is 0 Å². The molecular weight excluding hydrogens is 388 g/mol. The molecule has 1 amide bonds. The number of halogens is 1. The second-order valence-electron chi connectivity index (χ2n) is 10.0. The second kappa shape index (κ2) is 8.04. The van der Waals surface area contributed by atoms with Gasteiger partial charge in [0.25, 0.3) is 0 Å². The van der Waals surface area contributed by atoms with Gasteiger partial charge in [0.05, 0.1) is 17.7 Å². The molecule has 2 heterocycles. The van der Waals surface area contributed by atoms with Crippen molar-refractivity contribution in [2.24, 2.45) is 0 Å². The Balaban J connectivity index is 1.56. The lowest BCUT2D eigenvalue weighted by molar-refractivity contribution is -0.0105. The van der Waals surface area contributed by atoms with E-state index in [9.17, 15) is 9.18 Å². The van der Waals surface area contributed by atoms with Crippen LogP contribution in [0, 0.1) is 0 Å². The van der Waals surface area contributed by atoms with Crippen molar-refractivity contribution in [2.75, 3.05) is 13.1 Å². The Morgan fingerprint density at radius 2 is 1.70 bits per heavy atom. The van der Waals surface area contributed by atoms with E-state index in [0.717, 1.165) is 5.46 Å². The van der Waals surface area contributed by atoms with E-state index in [1.54, 1.807) is 32.9 Å². The first-order valence-corrected chi connectivity index (χ1v) is 10.5. The Kier molecular flexibility index (Phi) is 6.13. The number of carbonyl (C=O) groups excluding carboxylic acids is 1. The standard InChI is InChI=1S/C22H33BFNO5/c1-20(2,3)28-19(26)25-13-12-18(17(24)14-25)27-16-10-8-15(9-11-16)23-29-21(4,5)22(6,7)30-23/h8-11,17-18H,12-14H2,1-7H3/t17-,18-/m0/s1. The summed E-state index contributed by atoms with van der Waals surface area (Å²) in [5, 5.41) is 0. The van der Waals surface area contributed by atoms with Crippen LogP contribution in [-0.4, -0.2) is 60.3 Å². The molecule has 2 atom stereocenters. The first kappa shape index (κ1) is 22.9. The van der Waals surface area contributed by atoms with Gasteiger partial charge in [0.2, 0.25) is 0 Å². The zero-order valence-corrected chi connectivity index (χ0v) is 19.0. The van der Waals surface area contributed by atoms with E-state index in [1.165, 1.54) is 4.90 Å². The van der Waals surface area contributed by atoms with Gasteiger partial charge in [-0.25, -0.2) is 9.18 Å². The maximum atomic E-state index is 14.7. The summed E-state index contributed by atoms with van der Waals surface area (Å²) < 4.78 is 38.0. The van der Waals surface area contributed by atoms with Gasteiger partial charge >= 0.3 is 13.2 Å². The van der Waals surface area contributed by atoms with Gasteiger partial charge in [-0.15, -0.1) is 0 Å². The van der Waals surface area contributed by atoms with Gasteiger partial charge in [0, 0.05) is 13.0 Å². The van der Waals surface area contributed by atoms with Crippen molar-refractivity contribution in [3.63, 3.8) is 0 Å². The maximum absolute atomic E-state index is 14.7. The zero-order valence-electron chi connectivity index (χ0n) is 19.0. The van der Waals surface area contributed by atoms with E-state index in [-0.39, 0.29) is 6.54 Å². The van der Waals surface area contributed by atoms with E-state index in [1.807, 2.05) is 39.8 Å². The van der Waals surface area contributed by atoms with Crippen molar-refractivity contribution in [3.8, 4) is 5.75 Å². The predicted molar refractivity (Wildman–Crippen MR) is 114 cm³/mol. The van der Waals surface area contributed by atoms with Crippen molar-refractivity contribution in [3.05, 3.63) is 24.3 Å². The van der Waals surface area contributed by atoms with Crippen LogP contribution in [-0.2, 0) is 14.0 Å². The molecule has 0 saturated carbocycles. The van der Waals surface area contributed by atoms with Crippen molar-refractivity contribution >= 4 is 18.7 Å². The zero-order chi connectivity index (χ0) is 22.3. The molecule has 0 aliphatic carbocycles. The van der Waals surface area contributed by atoms with Gasteiger partial charge in [-0.1, -0.05) is 12.1 Å². The van der Waals surface area contributed by atoms with Crippen LogP contribution in [0.15, 0.2) is 24.3 Å². The first-order chi connectivity index (χ1) is 13.8. The molecule has 1 aromatic rings. The SMILES string of the molecule is CC(C)(C)OC(=O)N1CC[C@H](Oc2ccc(B3OC(C)(C)C(C)(C)O3)cc2)[C@@H](F)C1. The van der Waals surface area contributed by atoms with E-state index in [0.29, 0.717) is 18.7 Å². The van der Waals surface area contributed by atoms with Crippen molar-refractivity contribution < 1.29 is 28.0 Å². The lowest BCUT2D eigenvalue weighted by atomic mass is 9.79. The summed E-state index contributed by atoms with van der Waals surface area (Å²) in [5.74, 6) is 0.577. The fraction of sp³-hybridized carbons (Fsp3) is 0.682. The molecule has 2 fully saturated rings. The highest BCUT2D eigenvalue weighted by molar-refractivity contribution is 6.62. The number of nitrogens with zero attached hydrogens (tertiary/aromatic N) is 1. The van der Waals surface area contributed by atoms with Crippen LogP contribution in [0.2, 0.25) is 0 Å². The van der Waals surface area contributed by atoms with Crippen molar-refractivity contribution in [1.29, 1.82) is 0 Å². The first-order valence-electron chi connectivity index (χ1n) is 10.5. The molecule has 0 spiro atoms. The molecule has 8 heteroatoms. The van der Waals surface area contributed by atoms with Gasteiger partial charge in [-0.05, 0) is 66.1 Å². The molecular formula is C22H33BFNO5. The van der Waals surface area contributed by atoms with Crippen LogP contribution in [0.1, 0.15) is 54.9 Å². The molecule has 0 N–H and O–H groups in total. The fourth-order valence-electron chi connectivity index (χ4n) is 3.37. The summed E-state index contributed by atoms with van der Waals surface area (Å²) >= 11 is 0. The highest BCUT2D eigenvalue weighted by atomic mass is 19.1. The number of hydrogen-bond acceptors (Lipinski definition) is 5. The Morgan fingerprint density at radius 1 is 1.13 bits per heavy atom. The number of hydrogen-bond donors (Lipinski definition) is 0. The smallest absolute Gasteiger partial charge is 0.487 e. The molecule has 3 rings (SSSR count). The molecule has 2 saturated heterocycles. The molecule has 166 valence electrons. The van der Waals surface area contributed by atoms with E-state index in [4.69, 9.17) is 18.8 Å². The number of likely N-dealkylation sites (tertiary alicyclic amines) is 1. The molecule has 30 heavy (non-hydrogen) atoms. The van der Waals surface area contributed by atoms with E-state index in [2.05, 4.69) is 0 Å². The summed E-state index contributed by atoms with van der Waals surface area (Å²) in [6, 6.07) is 7.35. The van der Waals surface area contributed by atoms with Crippen LogP contribution < -0.4 is 10.2 Å². The summed E-state index contributed by atoms with van der Waals surface area (Å²) in [6.45, 7) is 13.8. The monoisotopic (exact) mass is 421 g/mol. The van der Waals surface area contributed by atoms with Gasteiger partial charge < -0.3 is 23.7 Å².